The molecule has 1 aromatic rings. The van der Waals surface area contributed by atoms with Crippen molar-refractivity contribution in [2.75, 3.05) is 5.75 Å². The van der Waals surface area contributed by atoms with E-state index in [1.165, 1.54) is 0 Å². The lowest BCUT2D eigenvalue weighted by Crippen LogP contribution is -1.98. The molecule has 0 spiro atoms. The molecule has 3 nitrogen and oxygen atoms in total. The van der Waals surface area contributed by atoms with Crippen LogP contribution in [0.15, 0.2) is 24.1 Å². The van der Waals surface area contributed by atoms with E-state index in [1.54, 1.807) is 18.1 Å². The average Bonchev–Trinajstić information content (AvgIpc) is 2.61. The molecule has 1 aliphatic carbocycles. The Morgan fingerprint density at radius 1 is 1.73 bits per heavy atom. The van der Waals surface area contributed by atoms with Gasteiger partial charge in [-0.15, -0.1) is 40.0 Å². The highest BCUT2D eigenvalue weighted by atomic mass is 35.5. The first-order chi connectivity index (χ1) is 7.13. The molecule has 2 rings (SSSR count). The number of halogens is 2. The monoisotopic (exact) mass is 263 g/mol. The van der Waals surface area contributed by atoms with Gasteiger partial charge in [-0.3, -0.25) is 0 Å². The smallest absolute Gasteiger partial charge is 0.191 e. The topological polar surface area (TPSA) is 30.7 Å². The third-order valence-corrected chi connectivity index (χ3v) is 4.34. The van der Waals surface area contributed by atoms with Crippen molar-refractivity contribution in [3.05, 3.63) is 19.0 Å². The zero-order valence-electron chi connectivity index (χ0n) is 8.07. The van der Waals surface area contributed by atoms with E-state index in [2.05, 4.69) is 16.8 Å². The number of alkyl halides is 2. The molecular formula is C9H11Cl2N3S. The minimum absolute atomic E-state index is 0.375. The molecule has 1 saturated carbocycles. The van der Waals surface area contributed by atoms with Crippen LogP contribution < -0.4 is 0 Å². The maximum atomic E-state index is 5.94. The maximum Gasteiger partial charge on any atom is 0.191 e. The predicted molar refractivity (Wildman–Crippen MR) is 63.5 cm³/mol. The number of hydrogen-bond donors (Lipinski definition) is 0. The fourth-order valence-electron chi connectivity index (χ4n) is 1.25. The van der Waals surface area contributed by atoms with Crippen LogP contribution in [-0.2, 0) is 6.54 Å². The van der Waals surface area contributed by atoms with E-state index in [4.69, 9.17) is 23.2 Å². The highest BCUT2D eigenvalue weighted by Gasteiger charge is 2.51. The summed E-state index contributed by atoms with van der Waals surface area (Å²) in [5, 5.41) is 8.77. The Labute approximate surface area is 103 Å². The maximum absolute atomic E-state index is 5.94. The SMILES string of the molecule is C=CCn1cnnc1SC[C@@H]1CC1(Cl)Cl. The second-order valence-corrected chi connectivity index (χ2v) is 6.06. The molecule has 82 valence electrons. The van der Waals surface area contributed by atoms with Crippen molar-refractivity contribution in [2.45, 2.75) is 22.5 Å². The largest absolute Gasteiger partial charge is 0.305 e. The van der Waals surface area contributed by atoms with Gasteiger partial charge in [0.15, 0.2) is 5.16 Å². The minimum Gasteiger partial charge on any atom is -0.305 e. The highest BCUT2D eigenvalue weighted by Crippen LogP contribution is 2.54. The van der Waals surface area contributed by atoms with Gasteiger partial charge in [0.1, 0.15) is 10.7 Å². The molecule has 0 amide bonds. The van der Waals surface area contributed by atoms with Crippen LogP contribution >= 0.6 is 35.0 Å². The summed E-state index contributed by atoms with van der Waals surface area (Å²) in [5.74, 6) is 1.27. The summed E-state index contributed by atoms with van der Waals surface area (Å²) in [4.78, 5) is 0. The van der Waals surface area contributed by atoms with Crippen molar-refractivity contribution in [2.24, 2.45) is 5.92 Å². The van der Waals surface area contributed by atoms with Gasteiger partial charge in [-0.25, -0.2) is 0 Å². The molecule has 0 aromatic carbocycles. The van der Waals surface area contributed by atoms with Crippen LogP contribution in [0.2, 0.25) is 0 Å². The molecule has 1 atom stereocenters. The summed E-state index contributed by atoms with van der Waals surface area (Å²) in [6.07, 6.45) is 4.39. The number of allylic oxidation sites excluding steroid dienone is 1. The van der Waals surface area contributed by atoms with Crippen LogP contribution in [0.1, 0.15) is 6.42 Å². The molecule has 1 aromatic heterocycles. The summed E-state index contributed by atoms with van der Waals surface area (Å²) in [6.45, 7) is 4.41. The van der Waals surface area contributed by atoms with Crippen LogP contribution in [0.5, 0.6) is 0 Å². The van der Waals surface area contributed by atoms with Gasteiger partial charge in [-0.1, -0.05) is 17.8 Å². The van der Waals surface area contributed by atoms with E-state index < -0.39 is 4.33 Å². The number of aromatic nitrogens is 3. The zero-order chi connectivity index (χ0) is 10.9. The highest BCUT2D eigenvalue weighted by molar-refractivity contribution is 7.99. The summed E-state index contributed by atoms with van der Waals surface area (Å²) >= 11 is 13.5. The molecule has 1 fully saturated rings. The molecule has 0 bridgehead atoms. The van der Waals surface area contributed by atoms with Crippen molar-refractivity contribution in [3.63, 3.8) is 0 Å². The number of hydrogen-bond acceptors (Lipinski definition) is 3. The Kier molecular flexibility index (Phi) is 3.28. The lowest BCUT2D eigenvalue weighted by Gasteiger charge is -2.02. The molecule has 0 N–H and O–H groups in total. The van der Waals surface area contributed by atoms with Gasteiger partial charge in [0.2, 0.25) is 0 Å². The fourth-order valence-corrected chi connectivity index (χ4v) is 3.10. The summed E-state index contributed by atoms with van der Waals surface area (Å²) in [5.41, 5.74) is 0. The fraction of sp³-hybridized carbons (Fsp3) is 0.556. The normalized spacial score (nSPS) is 22.7. The quantitative estimate of drug-likeness (QED) is 0.465. The van der Waals surface area contributed by atoms with Crippen LogP contribution in [0.4, 0.5) is 0 Å². The van der Waals surface area contributed by atoms with Gasteiger partial charge in [0, 0.05) is 18.2 Å². The van der Waals surface area contributed by atoms with Crippen LogP contribution in [0.25, 0.3) is 0 Å². The van der Waals surface area contributed by atoms with Crippen LogP contribution in [0.3, 0.4) is 0 Å². The van der Waals surface area contributed by atoms with E-state index in [9.17, 15) is 0 Å². The van der Waals surface area contributed by atoms with Crippen molar-refractivity contribution in [1.82, 2.24) is 14.8 Å². The molecule has 1 heterocycles. The van der Waals surface area contributed by atoms with Crippen molar-refractivity contribution >= 4 is 35.0 Å². The Hall–Kier alpha value is -0.190. The molecule has 0 aliphatic heterocycles. The van der Waals surface area contributed by atoms with Gasteiger partial charge in [-0.05, 0) is 6.42 Å². The standard InChI is InChI=1S/C9H11Cl2N3S/c1-2-3-14-6-12-13-8(14)15-5-7-4-9(7,10)11/h2,6-7H,1,3-5H2/t7-/m0/s1. The minimum atomic E-state index is -0.504. The lowest BCUT2D eigenvalue weighted by molar-refractivity contribution is 0.724. The van der Waals surface area contributed by atoms with E-state index in [0.717, 1.165) is 23.9 Å². The van der Waals surface area contributed by atoms with Crippen molar-refractivity contribution in [3.8, 4) is 0 Å². The zero-order valence-corrected chi connectivity index (χ0v) is 10.4. The first-order valence-electron chi connectivity index (χ1n) is 4.63. The Balaban J connectivity index is 1.88. The second-order valence-electron chi connectivity index (χ2n) is 3.53. The molecule has 15 heavy (non-hydrogen) atoms. The van der Waals surface area contributed by atoms with Crippen LogP contribution in [-0.4, -0.2) is 24.9 Å². The third kappa shape index (κ3) is 2.68. The van der Waals surface area contributed by atoms with E-state index in [-0.39, 0.29) is 0 Å². The van der Waals surface area contributed by atoms with Gasteiger partial charge in [-0.2, -0.15) is 0 Å². The van der Waals surface area contributed by atoms with E-state index >= 15 is 0 Å². The summed E-state index contributed by atoms with van der Waals surface area (Å²) in [7, 11) is 0. The molecular weight excluding hydrogens is 253 g/mol. The molecule has 0 saturated heterocycles. The molecule has 0 radical (unpaired) electrons. The lowest BCUT2D eigenvalue weighted by atomic mass is 10.5. The first-order valence-corrected chi connectivity index (χ1v) is 6.37. The van der Waals surface area contributed by atoms with Gasteiger partial charge in [0.05, 0.1) is 0 Å². The number of nitrogens with zero attached hydrogens (tertiary/aromatic N) is 3. The summed E-state index contributed by atoms with van der Waals surface area (Å²) in [6, 6.07) is 0. The third-order valence-electron chi connectivity index (χ3n) is 2.28. The Morgan fingerprint density at radius 2 is 2.47 bits per heavy atom. The van der Waals surface area contributed by atoms with Crippen molar-refractivity contribution in [1.29, 1.82) is 0 Å². The number of rotatable bonds is 5. The van der Waals surface area contributed by atoms with Gasteiger partial charge >= 0.3 is 0 Å². The Bertz CT molecular complexity index is 364. The van der Waals surface area contributed by atoms with Gasteiger partial charge in [0.25, 0.3) is 0 Å². The first kappa shape index (κ1) is 11.3. The Morgan fingerprint density at radius 3 is 3.07 bits per heavy atom. The number of thioether (sulfide) groups is 1. The second kappa shape index (κ2) is 4.36. The predicted octanol–water partition coefficient (Wildman–Crippen LogP) is 2.75. The molecule has 1 aliphatic rings. The average molecular weight is 264 g/mol. The molecule has 6 heteroatoms. The summed E-state index contributed by atoms with van der Waals surface area (Å²) < 4.78 is 1.44. The van der Waals surface area contributed by atoms with Gasteiger partial charge < -0.3 is 4.57 Å². The molecule has 0 unspecified atom stereocenters. The van der Waals surface area contributed by atoms with Crippen LogP contribution in [0, 0.1) is 5.92 Å². The van der Waals surface area contributed by atoms with E-state index in [1.807, 2.05) is 10.6 Å². The van der Waals surface area contributed by atoms with Crippen molar-refractivity contribution < 1.29 is 0 Å². The van der Waals surface area contributed by atoms with E-state index in [0.29, 0.717) is 5.92 Å².